The fourth-order valence-corrected chi connectivity index (χ4v) is 6.29. The van der Waals surface area contributed by atoms with Crippen LogP contribution in [0.5, 0.6) is 0 Å². The van der Waals surface area contributed by atoms with Gasteiger partial charge in [-0.25, -0.2) is 0 Å². The first-order valence-corrected chi connectivity index (χ1v) is 18.9. The normalized spacial score (nSPS) is 8.07. The molecule has 0 saturated carbocycles. The van der Waals surface area contributed by atoms with Gasteiger partial charge in [-0.2, -0.15) is 0 Å². The first-order chi connectivity index (χ1) is 19.1. The first kappa shape index (κ1) is 131. The smallest absolute Gasteiger partial charge is 2.00 e. The number of unbranched alkanes of at least 4 members (excludes halogenated alkanes) is 30. The van der Waals surface area contributed by atoms with Crippen LogP contribution in [0.1, 0.15) is 219 Å². The van der Waals surface area contributed by atoms with Gasteiger partial charge in [0, 0.05) is 0 Å². The maximum Gasteiger partial charge on any atom is 4.00 e. The van der Waals surface area contributed by atoms with Crippen LogP contribution < -0.4 is 59.1 Å². The Hall–Kier alpha value is 4.61. The molecule has 0 aliphatic carbocycles. The van der Waals surface area contributed by atoms with E-state index in [0.717, 1.165) is 0 Å². The van der Waals surface area contributed by atoms with Crippen LogP contribution in [0, 0.1) is 0 Å². The molecule has 20 heteroatoms. The van der Waals surface area contributed by atoms with Crippen LogP contribution in [0.4, 0.5) is 0 Å². The summed E-state index contributed by atoms with van der Waals surface area (Å²) in [6.45, 7) is 7.39. The Morgan fingerprint density at radius 2 is 0.379 bits per heavy atom. The molecule has 0 bridgehead atoms. The van der Waals surface area contributed by atoms with E-state index in [2.05, 4.69) is 27.9 Å². The molecule has 0 aliphatic heterocycles. The fourth-order valence-electron chi connectivity index (χ4n) is 6.29. The Bertz CT molecular complexity index is 480. The van der Waals surface area contributed by atoms with Gasteiger partial charge in [0.2, 0.25) is 0 Å². The maximum atomic E-state index is 2.47. The van der Waals surface area contributed by atoms with E-state index >= 15 is 0 Å². The second-order valence-corrected chi connectivity index (χ2v) is 14.0. The molecule has 0 heterocycles. The molecule has 0 aromatic heterocycles. The van der Waals surface area contributed by atoms with Crippen LogP contribution in [-0.2, 0) is 88.9 Å². The van der Waals surface area contributed by atoms with Gasteiger partial charge in [0.05, 0.1) is 27.2 Å². The maximum absolute atomic E-state index is 2.47. The number of nitrogens with zero attached hydrogens (tertiary/aromatic N) is 1. The predicted octanol–water partition coefficient (Wildman–Crippen LogP) is 4.05. The molecule has 334 valence electrons. The van der Waals surface area contributed by atoms with E-state index in [9.17, 15) is 0 Å². The van der Waals surface area contributed by atoms with Gasteiger partial charge in [-0.15, -0.1) is 0 Å². The van der Waals surface area contributed by atoms with Gasteiger partial charge in [0.25, 0.3) is 0 Å². The van der Waals surface area contributed by atoms with E-state index in [1.54, 1.807) is 0 Å². The molecular formula is C38H82Al2Fe2MgNNa2O11Si+. The zero-order valence-corrected chi connectivity index (χ0v) is 49.1. The second kappa shape index (κ2) is 114. The quantitative estimate of drug-likeness (QED) is 0.0501. The van der Waals surface area contributed by atoms with Gasteiger partial charge in [-0.3, -0.25) is 0 Å². The molecule has 12 nitrogen and oxygen atoms in total. The predicted molar refractivity (Wildman–Crippen MR) is 214 cm³/mol. The molecule has 58 heavy (non-hydrogen) atoms. The zero-order valence-electron chi connectivity index (χ0n) is 38.1. The van der Waals surface area contributed by atoms with Crippen molar-refractivity contribution < 1.29 is 158 Å². The topological polar surface area (TPSA) is 316 Å². The first-order valence-electron chi connectivity index (χ1n) is 18.9. The second-order valence-electron chi connectivity index (χ2n) is 14.0. The standard InChI is InChI=1S/C38H80N.2Al.2Fe.Mg.2Na.H2O.10O.Si/c1-5-7-9-11-13-15-17-19-21-23-25-27-29-31-33-35-37-39(3,4)38-36-34-32-30-28-26-24-22-20-18-16-14-12-10-8-6-2;;;;;;;;;;;;;;;;;;;/h5-38H2,1-4H3;;;;;;;;1H2;;;;;;;;;;;/q+1;4*+3;+2;2*+1;;10*-2;+4. The third-order valence-electron chi connectivity index (χ3n) is 9.23. The van der Waals surface area contributed by atoms with Crippen LogP contribution in [0.25, 0.3) is 0 Å². The molecule has 0 aliphatic rings. The molecular weight excluding hydrogens is 910 g/mol. The van der Waals surface area contributed by atoms with Gasteiger partial charge >= 0.3 is 162 Å². The average Bonchev–Trinajstić information content (AvgIpc) is 2.92. The van der Waals surface area contributed by atoms with Crippen molar-refractivity contribution in [1.29, 1.82) is 0 Å². The third-order valence-corrected chi connectivity index (χ3v) is 9.23. The van der Waals surface area contributed by atoms with E-state index in [-0.39, 0.29) is 222 Å². The van der Waals surface area contributed by atoms with Crippen LogP contribution in [0.3, 0.4) is 0 Å². The summed E-state index contributed by atoms with van der Waals surface area (Å²) in [4.78, 5) is 0. The summed E-state index contributed by atoms with van der Waals surface area (Å²) in [6.07, 6.45) is 46.9. The zero-order chi connectivity index (χ0) is 28.5. The number of rotatable bonds is 34. The Morgan fingerprint density at radius 3 is 0.500 bits per heavy atom. The minimum atomic E-state index is 0. The SMILES string of the molecule is CCCCCCCCCCCCCCCCCC[N+](C)(C)CCCCCCCCCCCCCCCCCC.O.[Al+3].[Al+3].[Fe+3].[Fe+3].[Mg+2].[Na+].[Na+].[O-2].[O-2].[O-2].[O-2].[O-2].[O-2].[O-2].[O-2].[O-2].[O-2].[Si+4]. The van der Waals surface area contributed by atoms with E-state index in [1.165, 1.54) is 223 Å². The molecule has 2 N–H and O–H groups in total. The van der Waals surface area contributed by atoms with Crippen LogP contribution in [0.2, 0.25) is 0 Å². The summed E-state index contributed by atoms with van der Waals surface area (Å²) < 4.78 is 1.25. The Kier molecular flexibility index (Phi) is 257. The van der Waals surface area contributed by atoms with Crippen molar-refractivity contribution in [2.24, 2.45) is 0 Å². The molecule has 0 saturated heterocycles. The van der Waals surface area contributed by atoms with Crippen molar-refractivity contribution in [3.05, 3.63) is 0 Å². The van der Waals surface area contributed by atoms with Gasteiger partial charge < -0.3 is 64.7 Å². The summed E-state index contributed by atoms with van der Waals surface area (Å²) in [5.41, 5.74) is 0. The van der Waals surface area contributed by atoms with E-state index in [0.29, 0.717) is 0 Å². The molecule has 0 spiro atoms. The summed E-state index contributed by atoms with van der Waals surface area (Å²) in [7, 11) is 4.94. The van der Waals surface area contributed by atoms with Crippen LogP contribution >= 0.6 is 0 Å². The van der Waals surface area contributed by atoms with Gasteiger partial charge in [0.1, 0.15) is 0 Å². The Labute approximate surface area is 467 Å². The number of quaternary nitrogens is 1. The molecule has 0 atom stereocenters. The molecule has 0 aromatic rings. The Balaban J connectivity index is -0.0000000422. The molecule has 0 aromatic carbocycles. The van der Waals surface area contributed by atoms with Crippen LogP contribution in [0.15, 0.2) is 0 Å². The van der Waals surface area contributed by atoms with E-state index < -0.39 is 0 Å². The van der Waals surface area contributed by atoms with Gasteiger partial charge in [-0.1, -0.05) is 194 Å². The summed E-state index contributed by atoms with van der Waals surface area (Å²) >= 11 is 0. The minimum Gasteiger partial charge on any atom is -2.00 e. The van der Waals surface area contributed by atoms with E-state index in [4.69, 9.17) is 0 Å². The largest absolute Gasteiger partial charge is 4.00 e. The van der Waals surface area contributed by atoms with Gasteiger partial charge in [0.15, 0.2) is 0 Å². The third kappa shape index (κ3) is 119. The van der Waals surface area contributed by atoms with E-state index in [1.807, 2.05) is 0 Å². The fraction of sp³-hybridized carbons (Fsp3) is 1.00. The molecule has 0 rings (SSSR count). The summed E-state index contributed by atoms with van der Waals surface area (Å²) in [6, 6.07) is 0. The number of hydrogen-bond acceptors (Lipinski definition) is 0. The minimum absolute atomic E-state index is 0. The summed E-state index contributed by atoms with van der Waals surface area (Å²) in [5.74, 6) is 0. The van der Waals surface area contributed by atoms with Crippen molar-refractivity contribution in [1.82, 2.24) is 0 Å². The molecule has 0 unspecified atom stereocenters. The molecule has 0 fully saturated rings. The number of hydrogen-bond donors (Lipinski definition) is 0. The van der Waals surface area contributed by atoms with Crippen molar-refractivity contribution in [2.75, 3.05) is 27.2 Å². The Morgan fingerprint density at radius 1 is 0.276 bits per heavy atom. The average molecular weight is 993 g/mol. The van der Waals surface area contributed by atoms with Gasteiger partial charge in [-0.05, 0) is 25.7 Å². The van der Waals surface area contributed by atoms with Crippen LogP contribution in [-0.4, -0.2) is 106 Å². The van der Waals surface area contributed by atoms with Crippen molar-refractivity contribution in [3.63, 3.8) is 0 Å². The summed E-state index contributed by atoms with van der Waals surface area (Å²) in [5, 5.41) is 0. The van der Waals surface area contributed by atoms with Crippen molar-refractivity contribution in [3.8, 4) is 0 Å². The molecule has 2 radical (unpaired) electrons. The molecule has 0 amide bonds. The van der Waals surface area contributed by atoms with Crippen molar-refractivity contribution >= 4 is 68.7 Å². The van der Waals surface area contributed by atoms with Crippen molar-refractivity contribution in [2.45, 2.75) is 219 Å². The monoisotopic (exact) mass is 992 g/mol.